The molecular formula is C17H20ClN3O3. The quantitative estimate of drug-likeness (QED) is 0.915. The summed E-state index contributed by atoms with van der Waals surface area (Å²) in [5.41, 5.74) is 1.40. The largest absolute Gasteiger partial charge is 0.392 e. The first-order chi connectivity index (χ1) is 11.5. The van der Waals surface area contributed by atoms with Crippen LogP contribution in [0.25, 0.3) is 11.3 Å². The standard InChI is InChI=1S/C17H20ClN3O3/c1-12(22)11-20-5-7-21(8-6-20)17(23)16-10-15(19-24-16)13-3-2-4-14(18)9-13/h2-4,9-10,12,22H,5-8,11H2,1H3/t12-/m0/s1. The summed E-state index contributed by atoms with van der Waals surface area (Å²) in [6, 6.07) is 8.91. The fourth-order valence-electron chi connectivity index (χ4n) is 2.82. The number of hydrogen-bond donors (Lipinski definition) is 1. The van der Waals surface area contributed by atoms with E-state index in [0.717, 1.165) is 18.7 Å². The second-order valence-electron chi connectivity index (χ2n) is 6.03. The van der Waals surface area contributed by atoms with Crippen LogP contribution in [0, 0.1) is 0 Å². The van der Waals surface area contributed by atoms with E-state index in [-0.39, 0.29) is 17.8 Å². The van der Waals surface area contributed by atoms with Crippen LogP contribution in [-0.4, -0.2) is 64.8 Å². The number of halogens is 1. The number of rotatable bonds is 4. The van der Waals surface area contributed by atoms with Crippen LogP contribution < -0.4 is 0 Å². The average Bonchev–Trinajstić information content (AvgIpc) is 3.04. The van der Waals surface area contributed by atoms with Gasteiger partial charge in [0.25, 0.3) is 5.91 Å². The summed E-state index contributed by atoms with van der Waals surface area (Å²) < 4.78 is 5.23. The summed E-state index contributed by atoms with van der Waals surface area (Å²) >= 11 is 5.98. The Kier molecular flexibility index (Phi) is 5.18. The first kappa shape index (κ1) is 17.0. The smallest absolute Gasteiger partial charge is 0.292 e. The van der Waals surface area contributed by atoms with Crippen LogP contribution in [0.15, 0.2) is 34.9 Å². The Bertz CT molecular complexity index is 709. The van der Waals surface area contributed by atoms with Gasteiger partial charge in [-0.15, -0.1) is 0 Å². The van der Waals surface area contributed by atoms with Crippen molar-refractivity contribution >= 4 is 17.5 Å². The highest BCUT2D eigenvalue weighted by molar-refractivity contribution is 6.30. The lowest BCUT2D eigenvalue weighted by Gasteiger charge is -2.34. The molecule has 2 heterocycles. The molecule has 0 saturated carbocycles. The fraction of sp³-hybridized carbons (Fsp3) is 0.412. The lowest BCUT2D eigenvalue weighted by Crippen LogP contribution is -2.50. The Morgan fingerprint density at radius 2 is 2.08 bits per heavy atom. The van der Waals surface area contributed by atoms with Gasteiger partial charge < -0.3 is 14.5 Å². The van der Waals surface area contributed by atoms with E-state index in [4.69, 9.17) is 16.1 Å². The molecule has 1 N–H and O–H groups in total. The normalized spacial score (nSPS) is 17.0. The van der Waals surface area contributed by atoms with Gasteiger partial charge in [0.05, 0.1) is 6.10 Å². The zero-order valence-corrected chi connectivity index (χ0v) is 14.2. The van der Waals surface area contributed by atoms with Crippen molar-refractivity contribution in [2.24, 2.45) is 0 Å². The minimum absolute atomic E-state index is 0.160. The summed E-state index contributed by atoms with van der Waals surface area (Å²) in [4.78, 5) is 16.4. The van der Waals surface area contributed by atoms with E-state index in [0.29, 0.717) is 30.4 Å². The number of benzene rings is 1. The Labute approximate surface area is 145 Å². The first-order valence-corrected chi connectivity index (χ1v) is 8.33. The maximum Gasteiger partial charge on any atom is 0.292 e. The number of nitrogens with zero attached hydrogens (tertiary/aromatic N) is 3. The average molecular weight is 350 g/mol. The third-order valence-electron chi connectivity index (χ3n) is 4.02. The summed E-state index contributed by atoms with van der Waals surface area (Å²) in [5.74, 6) is 0.0708. The molecule has 1 aliphatic rings. The summed E-state index contributed by atoms with van der Waals surface area (Å²) in [5, 5.41) is 14.0. The Balaban J connectivity index is 1.64. The number of carbonyl (C=O) groups excluding carboxylic acids is 1. The molecule has 1 aromatic carbocycles. The highest BCUT2D eigenvalue weighted by Crippen LogP contribution is 2.23. The molecule has 1 atom stereocenters. The second-order valence-corrected chi connectivity index (χ2v) is 6.47. The minimum atomic E-state index is -0.359. The van der Waals surface area contributed by atoms with E-state index in [1.54, 1.807) is 30.0 Å². The van der Waals surface area contributed by atoms with E-state index in [9.17, 15) is 9.90 Å². The van der Waals surface area contributed by atoms with Gasteiger partial charge in [0.1, 0.15) is 5.69 Å². The van der Waals surface area contributed by atoms with E-state index in [1.165, 1.54) is 0 Å². The van der Waals surface area contributed by atoms with Crippen LogP contribution in [-0.2, 0) is 0 Å². The molecule has 1 amide bonds. The van der Waals surface area contributed by atoms with E-state index >= 15 is 0 Å². The van der Waals surface area contributed by atoms with Crippen LogP contribution in [0.1, 0.15) is 17.5 Å². The van der Waals surface area contributed by atoms with Gasteiger partial charge in [-0.3, -0.25) is 9.69 Å². The molecule has 128 valence electrons. The Hall–Kier alpha value is -1.89. The maximum atomic E-state index is 12.5. The van der Waals surface area contributed by atoms with Crippen molar-refractivity contribution in [1.82, 2.24) is 15.0 Å². The number of amides is 1. The molecule has 24 heavy (non-hydrogen) atoms. The van der Waals surface area contributed by atoms with Gasteiger partial charge in [-0.05, 0) is 19.1 Å². The van der Waals surface area contributed by atoms with Crippen molar-refractivity contribution in [2.75, 3.05) is 32.7 Å². The number of piperazine rings is 1. The molecule has 1 aromatic heterocycles. The molecule has 2 aromatic rings. The van der Waals surface area contributed by atoms with Gasteiger partial charge in [-0.1, -0.05) is 28.9 Å². The van der Waals surface area contributed by atoms with E-state index < -0.39 is 0 Å². The van der Waals surface area contributed by atoms with Crippen molar-refractivity contribution in [3.63, 3.8) is 0 Å². The highest BCUT2D eigenvalue weighted by Gasteiger charge is 2.25. The SMILES string of the molecule is C[C@H](O)CN1CCN(C(=O)c2cc(-c3cccc(Cl)c3)no2)CC1. The molecule has 6 nitrogen and oxygen atoms in total. The highest BCUT2D eigenvalue weighted by atomic mass is 35.5. The van der Waals surface area contributed by atoms with Crippen LogP contribution in [0.5, 0.6) is 0 Å². The van der Waals surface area contributed by atoms with Gasteiger partial charge in [-0.2, -0.15) is 0 Å². The third-order valence-corrected chi connectivity index (χ3v) is 4.26. The molecule has 0 radical (unpaired) electrons. The maximum absolute atomic E-state index is 12.5. The van der Waals surface area contributed by atoms with Crippen molar-refractivity contribution < 1.29 is 14.4 Å². The zero-order valence-electron chi connectivity index (χ0n) is 13.5. The third kappa shape index (κ3) is 3.95. The molecule has 0 bridgehead atoms. The molecule has 1 fully saturated rings. The Morgan fingerprint density at radius 3 is 2.75 bits per heavy atom. The van der Waals surface area contributed by atoms with Crippen LogP contribution in [0.2, 0.25) is 5.02 Å². The van der Waals surface area contributed by atoms with Gasteiger partial charge in [0, 0.05) is 49.4 Å². The van der Waals surface area contributed by atoms with Crippen molar-refractivity contribution in [3.05, 3.63) is 41.1 Å². The van der Waals surface area contributed by atoms with Gasteiger partial charge in [0.2, 0.25) is 5.76 Å². The minimum Gasteiger partial charge on any atom is -0.392 e. The predicted molar refractivity (Wildman–Crippen MR) is 91.0 cm³/mol. The first-order valence-electron chi connectivity index (χ1n) is 7.95. The second kappa shape index (κ2) is 7.34. The summed E-state index contributed by atoms with van der Waals surface area (Å²) in [7, 11) is 0. The molecular weight excluding hydrogens is 330 g/mol. The van der Waals surface area contributed by atoms with Crippen LogP contribution in [0.3, 0.4) is 0 Å². The van der Waals surface area contributed by atoms with Gasteiger partial charge in [-0.25, -0.2) is 0 Å². The molecule has 3 rings (SSSR count). The number of carbonyl (C=O) groups is 1. The van der Waals surface area contributed by atoms with E-state index in [1.807, 2.05) is 12.1 Å². The molecule has 0 aliphatic carbocycles. The van der Waals surface area contributed by atoms with Crippen LogP contribution in [0.4, 0.5) is 0 Å². The van der Waals surface area contributed by atoms with Crippen LogP contribution >= 0.6 is 11.6 Å². The number of aliphatic hydroxyl groups excluding tert-OH is 1. The molecule has 7 heteroatoms. The topological polar surface area (TPSA) is 69.8 Å². The number of aliphatic hydroxyl groups is 1. The van der Waals surface area contributed by atoms with Crippen molar-refractivity contribution in [2.45, 2.75) is 13.0 Å². The number of β-amino-alcohol motifs (C(OH)–C–C–N with tert-alkyl or cyclic N) is 1. The van der Waals surface area contributed by atoms with Crippen molar-refractivity contribution in [3.8, 4) is 11.3 Å². The lowest BCUT2D eigenvalue weighted by molar-refractivity contribution is 0.0520. The number of aromatic nitrogens is 1. The molecule has 1 aliphatic heterocycles. The molecule has 0 spiro atoms. The molecule has 1 saturated heterocycles. The summed E-state index contributed by atoms with van der Waals surface area (Å²) in [6.07, 6.45) is -0.359. The van der Waals surface area contributed by atoms with E-state index in [2.05, 4.69) is 10.1 Å². The fourth-order valence-corrected chi connectivity index (χ4v) is 3.01. The Morgan fingerprint density at radius 1 is 1.33 bits per heavy atom. The molecule has 0 unspecified atom stereocenters. The van der Waals surface area contributed by atoms with Crippen molar-refractivity contribution in [1.29, 1.82) is 0 Å². The summed E-state index contributed by atoms with van der Waals surface area (Å²) in [6.45, 7) is 5.10. The van der Waals surface area contributed by atoms with Gasteiger partial charge in [0.15, 0.2) is 0 Å². The van der Waals surface area contributed by atoms with Gasteiger partial charge >= 0.3 is 0 Å². The predicted octanol–water partition coefficient (Wildman–Crippen LogP) is 2.13. The number of hydrogen-bond acceptors (Lipinski definition) is 5. The zero-order chi connectivity index (χ0) is 17.1. The monoisotopic (exact) mass is 349 g/mol. The lowest BCUT2D eigenvalue weighted by atomic mass is 10.1.